The van der Waals surface area contributed by atoms with Gasteiger partial charge in [0.05, 0.1) is 19.8 Å². The smallest absolute Gasteiger partial charge is 0.128 e. The molecular formula is C17H20O3S. The minimum Gasteiger partial charge on any atom is -0.497 e. The van der Waals surface area contributed by atoms with E-state index < -0.39 is 6.10 Å². The molecule has 21 heavy (non-hydrogen) atoms. The van der Waals surface area contributed by atoms with Crippen LogP contribution in [0.1, 0.15) is 18.6 Å². The number of aliphatic hydroxyl groups excluding tert-OH is 1. The van der Waals surface area contributed by atoms with E-state index in [9.17, 15) is 5.11 Å². The highest BCUT2D eigenvalue weighted by Gasteiger charge is 2.10. The van der Waals surface area contributed by atoms with Crippen molar-refractivity contribution in [1.82, 2.24) is 0 Å². The first-order chi connectivity index (χ1) is 10.2. The number of hydrogen-bond donors (Lipinski definition) is 1. The summed E-state index contributed by atoms with van der Waals surface area (Å²) >= 11 is 1.75. The Morgan fingerprint density at radius 3 is 2.57 bits per heavy atom. The molecule has 1 atom stereocenters. The molecule has 0 unspecified atom stereocenters. The fraction of sp³-hybridized carbons (Fsp3) is 0.294. The summed E-state index contributed by atoms with van der Waals surface area (Å²) in [6.45, 7) is 2.31. The van der Waals surface area contributed by atoms with E-state index in [1.807, 2.05) is 36.4 Å². The number of rotatable bonds is 7. The molecule has 0 bridgehead atoms. The molecule has 3 nitrogen and oxygen atoms in total. The van der Waals surface area contributed by atoms with E-state index in [1.54, 1.807) is 25.8 Å². The summed E-state index contributed by atoms with van der Waals surface area (Å²) in [7, 11) is 1.62. The Kier molecular flexibility index (Phi) is 5.96. The summed E-state index contributed by atoms with van der Waals surface area (Å²) in [6, 6.07) is 15.7. The lowest BCUT2D eigenvalue weighted by molar-refractivity contribution is 0.192. The van der Waals surface area contributed by atoms with E-state index in [4.69, 9.17) is 9.47 Å². The maximum Gasteiger partial charge on any atom is 0.128 e. The van der Waals surface area contributed by atoms with Crippen LogP contribution in [0.3, 0.4) is 0 Å². The second-order valence-corrected chi connectivity index (χ2v) is 5.76. The van der Waals surface area contributed by atoms with Crippen LogP contribution in [0.5, 0.6) is 11.5 Å². The first kappa shape index (κ1) is 15.7. The average Bonchev–Trinajstić information content (AvgIpc) is 2.52. The molecule has 0 saturated heterocycles. The second-order valence-electron chi connectivity index (χ2n) is 4.59. The molecule has 2 rings (SSSR count). The van der Waals surface area contributed by atoms with Crippen molar-refractivity contribution in [3.8, 4) is 11.5 Å². The molecule has 2 aromatic rings. The average molecular weight is 304 g/mol. The van der Waals surface area contributed by atoms with E-state index in [-0.39, 0.29) is 0 Å². The highest BCUT2D eigenvalue weighted by atomic mass is 32.2. The quantitative estimate of drug-likeness (QED) is 0.621. The van der Waals surface area contributed by atoms with Gasteiger partial charge in [0.15, 0.2) is 0 Å². The molecule has 0 fully saturated rings. The third-order valence-electron chi connectivity index (χ3n) is 3.02. The maximum absolute atomic E-state index is 9.78. The Hall–Kier alpha value is -1.65. The summed E-state index contributed by atoms with van der Waals surface area (Å²) < 4.78 is 11.0. The third-order valence-corrected chi connectivity index (χ3v) is 4.00. The highest BCUT2D eigenvalue weighted by Crippen LogP contribution is 2.29. The van der Waals surface area contributed by atoms with Gasteiger partial charge in [-0.3, -0.25) is 0 Å². The Balaban J connectivity index is 1.92. The van der Waals surface area contributed by atoms with Crippen LogP contribution in [0.25, 0.3) is 0 Å². The Labute approximate surface area is 129 Å². The molecular weight excluding hydrogens is 284 g/mol. The first-order valence-corrected chi connectivity index (χ1v) is 7.86. The normalized spacial score (nSPS) is 12.0. The molecule has 0 aliphatic carbocycles. The molecule has 2 aromatic carbocycles. The first-order valence-electron chi connectivity index (χ1n) is 6.87. The van der Waals surface area contributed by atoms with Crippen molar-refractivity contribution in [3.05, 3.63) is 54.1 Å². The van der Waals surface area contributed by atoms with E-state index in [2.05, 4.69) is 12.1 Å². The second kappa shape index (κ2) is 7.96. The molecule has 0 aliphatic heterocycles. The van der Waals surface area contributed by atoms with Gasteiger partial charge in [-0.1, -0.05) is 18.2 Å². The Morgan fingerprint density at radius 1 is 1.14 bits per heavy atom. The van der Waals surface area contributed by atoms with Gasteiger partial charge >= 0.3 is 0 Å². The zero-order valence-electron chi connectivity index (χ0n) is 12.3. The van der Waals surface area contributed by atoms with Crippen molar-refractivity contribution < 1.29 is 14.6 Å². The van der Waals surface area contributed by atoms with Crippen molar-refractivity contribution in [2.45, 2.75) is 17.9 Å². The van der Waals surface area contributed by atoms with Gasteiger partial charge in [-0.2, -0.15) is 0 Å². The molecule has 0 radical (unpaired) electrons. The van der Waals surface area contributed by atoms with Crippen LogP contribution in [0.2, 0.25) is 0 Å². The lowest BCUT2D eigenvalue weighted by Gasteiger charge is -2.14. The molecule has 112 valence electrons. The van der Waals surface area contributed by atoms with Crippen molar-refractivity contribution >= 4 is 11.8 Å². The van der Waals surface area contributed by atoms with Crippen LogP contribution < -0.4 is 9.47 Å². The number of thioether (sulfide) groups is 1. The van der Waals surface area contributed by atoms with Crippen molar-refractivity contribution in [2.24, 2.45) is 0 Å². The molecule has 0 saturated carbocycles. The molecule has 4 heteroatoms. The minimum absolute atomic E-state index is 0.562. The molecule has 1 N–H and O–H groups in total. The number of hydrogen-bond acceptors (Lipinski definition) is 4. The fourth-order valence-corrected chi connectivity index (χ4v) is 2.69. The van der Waals surface area contributed by atoms with Crippen LogP contribution in [0, 0.1) is 0 Å². The summed E-state index contributed by atoms with van der Waals surface area (Å²) in [6.07, 6.45) is -0.562. The summed E-state index contributed by atoms with van der Waals surface area (Å²) in [4.78, 5) is 1.22. The Bertz CT molecular complexity index is 555. The van der Waals surface area contributed by atoms with E-state index in [0.29, 0.717) is 12.4 Å². The van der Waals surface area contributed by atoms with E-state index in [1.165, 1.54) is 4.90 Å². The summed E-state index contributed by atoms with van der Waals surface area (Å²) in [5, 5.41) is 9.78. The largest absolute Gasteiger partial charge is 0.497 e. The van der Waals surface area contributed by atoms with Crippen molar-refractivity contribution in [1.29, 1.82) is 0 Å². The van der Waals surface area contributed by atoms with Gasteiger partial charge in [0.2, 0.25) is 0 Å². The lowest BCUT2D eigenvalue weighted by atomic mass is 10.1. The van der Waals surface area contributed by atoms with Crippen molar-refractivity contribution in [3.63, 3.8) is 0 Å². The van der Waals surface area contributed by atoms with E-state index in [0.717, 1.165) is 17.1 Å². The van der Waals surface area contributed by atoms with Crippen LogP contribution in [0.15, 0.2) is 53.4 Å². The van der Waals surface area contributed by atoms with Gasteiger partial charge in [0.25, 0.3) is 0 Å². The molecule has 0 aromatic heterocycles. The third kappa shape index (κ3) is 4.69. The molecule has 0 amide bonds. The predicted octanol–water partition coefficient (Wildman–Crippen LogP) is 3.92. The maximum atomic E-state index is 9.78. The van der Waals surface area contributed by atoms with Gasteiger partial charge < -0.3 is 14.6 Å². The zero-order chi connectivity index (χ0) is 15.1. The number of methoxy groups -OCH3 is 1. The van der Waals surface area contributed by atoms with E-state index >= 15 is 0 Å². The lowest BCUT2D eigenvalue weighted by Crippen LogP contribution is -2.04. The van der Waals surface area contributed by atoms with Crippen molar-refractivity contribution in [2.75, 3.05) is 19.5 Å². The molecule has 0 heterocycles. The number of aliphatic hydroxyl groups is 1. The predicted molar refractivity (Wildman–Crippen MR) is 86.3 cm³/mol. The van der Waals surface area contributed by atoms with Crippen LogP contribution >= 0.6 is 11.8 Å². The number of ether oxygens (including phenoxy) is 2. The standard InChI is InChI=1S/C17H20O3S/c1-13(18)16-9-8-14(19-2)12-17(16)20-10-11-21-15-6-4-3-5-7-15/h3-9,12-13,18H,10-11H2,1-2H3/t13-/m0/s1. The monoisotopic (exact) mass is 304 g/mol. The number of benzene rings is 2. The fourth-order valence-electron chi connectivity index (χ4n) is 1.94. The van der Waals surface area contributed by atoms with Gasteiger partial charge in [0.1, 0.15) is 11.5 Å². The highest BCUT2D eigenvalue weighted by molar-refractivity contribution is 7.99. The van der Waals surface area contributed by atoms with Gasteiger partial charge in [-0.05, 0) is 31.2 Å². The zero-order valence-corrected chi connectivity index (χ0v) is 13.1. The Morgan fingerprint density at radius 2 is 1.90 bits per heavy atom. The minimum atomic E-state index is -0.562. The summed E-state index contributed by atoms with van der Waals surface area (Å²) in [5.41, 5.74) is 0.778. The van der Waals surface area contributed by atoms with Gasteiger partial charge in [0, 0.05) is 22.3 Å². The molecule has 0 spiro atoms. The van der Waals surface area contributed by atoms with Gasteiger partial charge in [-0.15, -0.1) is 11.8 Å². The van der Waals surface area contributed by atoms with Crippen LogP contribution in [-0.4, -0.2) is 24.6 Å². The molecule has 0 aliphatic rings. The van der Waals surface area contributed by atoms with Crippen LogP contribution in [-0.2, 0) is 0 Å². The van der Waals surface area contributed by atoms with Crippen LogP contribution in [0.4, 0.5) is 0 Å². The van der Waals surface area contributed by atoms with Gasteiger partial charge in [-0.25, -0.2) is 0 Å². The topological polar surface area (TPSA) is 38.7 Å². The summed E-state index contributed by atoms with van der Waals surface area (Å²) in [5.74, 6) is 2.25. The SMILES string of the molecule is COc1ccc([C@H](C)O)c(OCCSc2ccccc2)c1.